The van der Waals surface area contributed by atoms with Crippen LogP contribution < -0.4 is 10.6 Å². The lowest BCUT2D eigenvalue weighted by atomic mass is 10.1. The van der Waals surface area contributed by atoms with Gasteiger partial charge in [0.1, 0.15) is 18.2 Å². The van der Waals surface area contributed by atoms with Crippen molar-refractivity contribution in [1.29, 1.82) is 0 Å². The summed E-state index contributed by atoms with van der Waals surface area (Å²) in [6.07, 6.45) is 1.45. The molecule has 2 heterocycles. The second-order valence-corrected chi connectivity index (χ2v) is 6.43. The third-order valence-corrected chi connectivity index (χ3v) is 4.39. The summed E-state index contributed by atoms with van der Waals surface area (Å²) in [7, 11) is 0. The Balaban J connectivity index is 1.53. The second kappa shape index (κ2) is 7.87. The van der Waals surface area contributed by atoms with Crippen LogP contribution in [-0.2, 0) is 11.3 Å². The van der Waals surface area contributed by atoms with Gasteiger partial charge in [-0.25, -0.2) is 4.98 Å². The summed E-state index contributed by atoms with van der Waals surface area (Å²) in [5, 5.41) is 10.4. The number of rotatable bonds is 6. The van der Waals surface area contributed by atoms with Crippen LogP contribution in [0.15, 0.2) is 73.1 Å². The zero-order chi connectivity index (χ0) is 19.3. The average Bonchev–Trinajstić information content (AvgIpc) is 3.22. The number of nitrogens with one attached hydrogen (secondary N) is 2. The standard InChI is InChI=1S/C21H20N6O/c1-15(20(28)22-13-16-8-4-2-5-9-16)25-19-12-18(17-10-6-3-7-11-17)26-21-23-14-24-27(19)21/h2-12,14-15,25H,13H2,1H3,(H,22,28). The van der Waals surface area contributed by atoms with Gasteiger partial charge in [0.2, 0.25) is 5.91 Å². The summed E-state index contributed by atoms with van der Waals surface area (Å²) < 4.78 is 1.59. The first-order valence-corrected chi connectivity index (χ1v) is 9.05. The molecule has 140 valence electrons. The lowest BCUT2D eigenvalue weighted by Crippen LogP contribution is -2.37. The van der Waals surface area contributed by atoms with Crippen LogP contribution in [0.2, 0.25) is 0 Å². The molecule has 28 heavy (non-hydrogen) atoms. The fourth-order valence-corrected chi connectivity index (χ4v) is 2.90. The molecule has 7 nitrogen and oxygen atoms in total. The maximum Gasteiger partial charge on any atom is 0.254 e. The van der Waals surface area contributed by atoms with Crippen LogP contribution in [0.25, 0.3) is 17.0 Å². The molecule has 2 N–H and O–H groups in total. The van der Waals surface area contributed by atoms with Gasteiger partial charge in [-0.3, -0.25) is 4.79 Å². The van der Waals surface area contributed by atoms with Gasteiger partial charge in [0.25, 0.3) is 5.78 Å². The van der Waals surface area contributed by atoms with Crippen molar-refractivity contribution in [2.45, 2.75) is 19.5 Å². The number of carbonyl (C=O) groups is 1. The van der Waals surface area contributed by atoms with Crippen molar-refractivity contribution in [2.24, 2.45) is 0 Å². The van der Waals surface area contributed by atoms with Gasteiger partial charge in [0.15, 0.2) is 0 Å². The molecule has 0 fully saturated rings. The van der Waals surface area contributed by atoms with E-state index < -0.39 is 6.04 Å². The Hall–Kier alpha value is -3.74. The van der Waals surface area contributed by atoms with Crippen molar-refractivity contribution in [3.05, 3.63) is 78.6 Å². The second-order valence-electron chi connectivity index (χ2n) is 6.43. The summed E-state index contributed by atoms with van der Waals surface area (Å²) >= 11 is 0. The third kappa shape index (κ3) is 3.83. The molecule has 1 amide bonds. The van der Waals surface area contributed by atoms with E-state index in [0.717, 1.165) is 16.8 Å². The van der Waals surface area contributed by atoms with Crippen molar-refractivity contribution in [3.63, 3.8) is 0 Å². The lowest BCUT2D eigenvalue weighted by molar-refractivity contribution is -0.121. The van der Waals surface area contributed by atoms with Gasteiger partial charge >= 0.3 is 0 Å². The van der Waals surface area contributed by atoms with E-state index in [2.05, 4.69) is 25.7 Å². The summed E-state index contributed by atoms with van der Waals surface area (Å²) in [4.78, 5) is 21.3. The number of carbonyl (C=O) groups excluding carboxylic acids is 1. The van der Waals surface area contributed by atoms with E-state index in [1.54, 1.807) is 4.52 Å². The van der Waals surface area contributed by atoms with Gasteiger partial charge in [-0.1, -0.05) is 60.7 Å². The number of benzene rings is 2. The zero-order valence-electron chi connectivity index (χ0n) is 15.4. The minimum absolute atomic E-state index is 0.102. The normalized spacial score (nSPS) is 11.9. The Morgan fingerprint density at radius 3 is 2.54 bits per heavy atom. The Labute approximate surface area is 162 Å². The molecule has 0 aliphatic rings. The first kappa shape index (κ1) is 17.7. The molecule has 0 saturated carbocycles. The highest BCUT2D eigenvalue weighted by Gasteiger charge is 2.16. The SMILES string of the molecule is CC(Nc1cc(-c2ccccc2)nc2ncnn12)C(=O)NCc1ccccc1. The first-order chi connectivity index (χ1) is 13.7. The first-order valence-electron chi connectivity index (χ1n) is 9.05. The minimum atomic E-state index is -0.456. The van der Waals surface area contributed by atoms with Crippen molar-refractivity contribution in [3.8, 4) is 11.3 Å². The quantitative estimate of drug-likeness (QED) is 0.544. The van der Waals surface area contributed by atoms with Crippen LogP contribution in [0, 0.1) is 0 Å². The van der Waals surface area contributed by atoms with E-state index in [1.807, 2.05) is 73.7 Å². The van der Waals surface area contributed by atoms with E-state index in [-0.39, 0.29) is 5.91 Å². The van der Waals surface area contributed by atoms with Gasteiger partial charge in [-0.2, -0.15) is 14.6 Å². The van der Waals surface area contributed by atoms with Crippen molar-refractivity contribution < 1.29 is 4.79 Å². The molecule has 2 aromatic carbocycles. The van der Waals surface area contributed by atoms with Crippen molar-refractivity contribution >= 4 is 17.5 Å². The van der Waals surface area contributed by atoms with Crippen LogP contribution in [0.3, 0.4) is 0 Å². The van der Waals surface area contributed by atoms with Gasteiger partial charge in [-0.15, -0.1) is 0 Å². The molecule has 0 radical (unpaired) electrons. The number of anilines is 1. The molecular weight excluding hydrogens is 352 g/mol. The number of fused-ring (bicyclic) bond motifs is 1. The van der Waals surface area contributed by atoms with Crippen molar-refractivity contribution in [1.82, 2.24) is 24.9 Å². The third-order valence-electron chi connectivity index (χ3n) is 4.39. The van der Waals surface area contributed by atoms with Crippen LogP contribution in [0.5, 0.6) is 0 Å². The zero-order valence-corrected chi connectivity index (χ0v) is 15.4. The van der Waals surface area contributed by atoms with E-state index in [1.165, 1.54) is 6.33 Å². The van der Waals surface area contributed by atoms with Gasteiger partial charge in [-0.05, 0) is 12.5 Å². The largest absolute Gasteiger partial charge is 0.358 e. The molecule has 0 saturated heterocycles. The molecular formula is C21H20N6O. The number of aromatic nitrogens is 4. The molecule has 0 aliphatic heterocycles. The fourth-order valence-electron chi connectivity index (χ4n) is 2.90. The Morgan fingerprint density at radius 1 is 1.07 bits per heavy atom. The summed E-state index contributed by atoms with van der Waals surface area (Å²) in [5.74, 6) is 1.03. The van der Waals surface area contributed by atoms with Crippen LogP contribution in [0.4, 0.5) is 5.82 Å². The molecule has 7 heteroatoms. The van der Waals surface area contributed by atoms with E-state index in [9.17, 15) is 4.79 Å². The Morgan fingerprint density at radius 2 is 1.79 bits per heavy atom. The predicted octanol–water partition coefficient (Wildman–Crippen LogP) is 2.91. The van der Waals surface area contributed by atoms with Crippen LogP contribution >= 0.6 is 0 Å². The summed E-state index contributed by atoms with van der Waals surface area (Å²) in [5.41, 5.74) is 2.79. The van der Waals surface area contributed by atoms with Crippen LogP contribution in [0.1, 0.15) is 12.5 Å². The number of hydrogen-bond donors (Lipinski definition) is 2. The highest BCUT2D eigenvalue weighted by Crippen LogP contribution is 2.21. The number of nitrogens with zero attached hydrogens (tertiary/aromatic N) is 4. The number of hydrogen-bond acceptors (Lipinski definition) is 5. The molecule has 1 atom stereocenters. The predicted molar refractivity (Wildman–Crippen MR) is 108 cm³/mol. The maximum atomic E-state index is 12.5. The number of amides is 1. The average molecular weight is 372 g/mol. The lowest BCUT2D eigenvalue weighted by Gasteiger charge is -2.16. The highest BCUT2D eigenvalue weighted by atomic mass is 16.2. The maximum absolute atomic E-state index is 12.5. The monoisotopic (exact) mass is 372 g/mol. The van der Waals surface area contributed by atoms with Gasteiger partial charge < -0.3 is 10.6 Å². The molecule has 0 spiro atoms. The highest BCUT2D eigenvalue weighted by molar-refractivity contribution is 5.84. The molecule has 0 aliphatic carbocycles. The minimum Gasteiger partial charge on any atom is -0.358 e. The molecule has 4 rings (SSSR count). The van der Waals surface area contributed by atoms with Gasteiger partial charge in [0, 0.05) is 18.2 Å². The Kier molecular flexibility index (Phi) is 4.97. The molecule has 0 bridgehead atoms. The molecule has 4 aromatic rings. The van der Waals surface area contributed by atoms with E-state index in [0.29, 0.717) is 18.1 Å². The topological polar surface area (TPSA) is 84.2 Å². The van der Waals surface area contributed by atoms with E-state index >= 15 is 0 Å². The van der Waals surface area contributed by atoms with E-state index in [4.69, 9.17) is 0 Å². The smallest absolute Gasteiger partial charge is 0.254 e. The Bertz CT molecular complexity index is 1080. The molecule has 1 unspecified atom stereocenters. The summed E-state index contributed by atoms with van der Waals surface area (Å²) in [6.45, 7) is 2.29. The fraction of sp³-hybridized carbons (Fsp3) is 0.143. The van der Waals surface area contributed by atoms with Crippen molar-refractivity contribution in [2.75, 3.05) is 5.32 Å². The van der Waals surface area contributed by atoms with Gasteiger partial charge in [0.05, 0.1) is 5.69 Å². The summed E-state index contributed by atoms with van der Waals surface area (Å²) in [6, 6.07) is 21.1. The molecule has 2 aromatic heterocycles. The van der Waals surface area contributed by atoms with Crippen LogP contribution in [-0.4, -0.2) is 31.5 Å².